The van der Waals surface area contributed by atoms with Crippen molar-refractivity contribution in [1.82, 2.24) is 0 Å². The number of rotatable bonds is 4. The van der Waals surface area contributed by atoms with E-state index in [2.05, 4.69) is 0 Å². The maximum absolute atomic E-state index is 13.1. The van der Waals surface area contributed by atoms with E-state index in [1.54, 1.807) is 48.5 Å². The summed E-state index contributed by atoms with van der Waals surface area (Å²) < 4.78 is 16.7. The van der Waals surface area contributed by atoms with Crippen LogP contribution in [-0.4, -0.2) is 25.3 Å². The number of carbonyl (C=O) groups excluding carboxylic acids is 2. The molecule has 130 valence electrons. The van der Waals surface area contributed by atoms with Gasteiger partial charge in [0.05, 0.1) is 0 Å². The van der Waals surface area contributed by atoms with Crippen LogP contribution in [0.3, 0.4) is 0 Å². The summed E-state index contributed by atoms with van der Waals surface area (Å²) in [6, 6.07) is 13.2. The Morgan fingerprint density at radius 3 is 2.46 bits per heavy atom. The van der Waals surface area contributed by atoms with Crippen LogP contribution in [0.2, 0.25) is 5.02 Å². The molecule has 0 spiro atoms. The maximum Gasteiger partial charge on any atom is 0.193 e. The lowest BCUT2D eigenvalue weighted by atomic mass is 9.96. The van der Waals surface area contributed by atoms with Gasteiger partial charge in [0.25, 0.3) is 0 Å². The highest BCUT2D eigenvalue weighted by atomic mass is 35.5. The van der Waals surface area contributed by atoms with Crippen LogP contribution in [0.1, 0.15) is 26.5 Å². The third kappa shape index (κ3) is 2.97. The van der Waals surface area contributed by atoms with Crippen LogP contribution in [0, 0.1) is 0 Å². The molecule has 0 aliphatic carbocycles. The number of benzene rings is 2. The lowest BCUT2D eigenvalue weighted by Crippen LogP contribution is -2.16. The zero-order chi connectivity index (χ0) is 18.1. The highest BCUT2D eigenvalue weighted by Gasteiger charge is 2.23. The molecule has 0 saturated carbocycles. The Morgan fingerprint density at radius 2 is 1.77 bits per heavy atom. The Labute approximate surface area is 154 Å². The van der Waals surface area contributed by atoms with E-state index in [0.29, 0.717) is 58.5 Å². The molecule has 3 aromatic rings. The predicted octanol–water partition coefficient (Wildman–Crippen LogP) is 4.41. The van der Waals surface area contributed by atoms with Crippen LogP contribution in [0.4, 0.5) is 0 Å². The van der Waals surface area contributed by atoms with Crippen molar-refractivity contribution in [2.75, 3.05) is 13.2 Å². The van der Waals surface area contributed by atoms with Gasteiger partial charge in [0.1, 0.15) is 19.0 Å². The summed E-state index contributed by atoms with van der Waals surface area (Å²) in [6.07, 6.45) is 0.611. The van der Waals surface area contributed by atoms with Crippen molar-refractivity contribution in [2.24, 2.45) is 0 Å². The van der Waals surface area contributed by atoms with Crippen molar-refractivity contribution in [3.05, 3.63) is 70.4 Å². The van der Waals surface area contributed by atoms with Gasteiger partial charge in [-0.1, -0.05) is 23.7 Å². The van der Waals surface area contributed by atoms with Gasteiger partial charge >= 0.3 is 0 Å². The third-order valence-corrected chi connectivity index (χ3v) is 4.26. The fourth-order valence-corrected chi connectivity index (χ4v) is 3.02. The molecule has 0 radical (unpaired) electrons. The topological polar surface area (TPSA) is 65.7 Å². The van der Waals surface area contributed by atoms with Crippen molar-refractivity contribution in [2.45, 2.75) is 0 Å². The van der Waals surface area contributed by atoms with E-state index in [0.717, 1.165) is 0 Å². The summed E-state index contributed by atoms with van der Waals surface area (Å²) in [4.78, 5) is 24.0. The minimum absolute atomic E-state index is 0.177. The number of hydrogen-bond acceptors (Lipinski definition) is 5. The number of furan rings is 1. The van der Waals surface area contributed by atoms with Gasteiger partial charge in [0, 0.05) is 21.7 Å². The number of aldehydes is 1. The molecule has 5 nitrogen and oxygen atoms in total. The van der Waals surface area contributed by atoms with E-state index in [4.69, 9.17) is 25.5 Å². The van der Waals surface area contributed by atoms with Crippen LogP contribution >= 0.6 is 11.6 Å². The minimum atomic E-state index is -0.233. The molecule has 1 aliphatic heterocycles. The molecule has 0 fully saturated rings. The quantitative estimate of drug-likeness (QED) is 0.504. The first-order valence-electron chi connectivity index (χ1n) is 7.95. The van der Waals surface area contributed by atoms with Crippen molar-refractivity contribution in [3.8, 4) is 22.8 Å². The molecule has 0 bridgehead atoms. The van der Waals surface area contributed by atoms with Crippen molar-refractivity contribution < 1.29 is 23.5 Å². The molecule has 2 aromatic carbocycles. The second-order valence-electron chi connectivity index (χ2n) is 5.70. The molecule has 6 heteroatoms. The molecule has 0 atom stereocenters. The van der Waals surface area contributed by atoms with E-state index in [1.807, 2.05) is 0 Å². The van der Waals surface area contributed by atoms with Crippen LogP contribution in [0.5, 0.6) is 11.5 Å². The number of carbonyl (C=O) groups is 2. The monoisotopic (exact) mass is 368 g/mol. The van der Waals surface area contributed by atoms with Crippen LogP contribution in [-0.2, 0) is 0 Å². The average molecular weight is 369 g/mol. The molecule has 0 unspecified atom stereocenters. The van der Waals surface area contributed by atoms with Gasteiger partial charge in [0.2, 0.25) is 0 Å². The van der Waals surface area contributed by atoms with Gasteiger partial charge < -0.3 is 13.9 Å². The number of ether oxygens (including phenoxy) is 2. The number of ketones is 1. The predicted molar refractivity (Wildman–Crippen MR) is 95.4 cm³/mol. The minimum Gasteiger partial charge on any atom is -0.486 e. The van der Waals surface area contributed by atoms with Gasteiger partial charge in [-0.25, -0.2) is 0 Å². The molecule has 0 saturated heterocycles. The van der Waals surface area contributed by atoms with E-state index in [1.165, 1.54) is 0 Å². The highest BCUT2D eigenvalue weighted by molar-refractivity contribution is 6.31. The first kappa shape index (κ1) is 16.4. The number of hydrogen-bond donors (Lipinski definition) is 0. The fourth-order valence-electron chi connectivity index (χ4n) is 2.83. The maximum atomic E-state index is 13.1. The molecule has 1 aromatic heterocycles. The zero-order valence-electron chi connectivity index (χ0n) is 13.5. The Morgan fingerprint density at radius 1 is 1.00 bits per heavy atom. The number of halogens is 1. The van der Waals surface area contributed by atoms with Crippen molar-refractivity contribution in [1.29, 1.82) is 0 Å². The zero-order valence-corrected chi connectivity index (χ0v) is 14.3. The van der Waals surface area contributed by atoms with Crippen LogP contribution in [0.15, 0.2) is 52.9 Å². The van der Waals surface area contributed by atoms with Gasteiger partial charge in [-0.15, -0.1) is 0 Å². The van der Waals surface area contributed by atoms with Crippen molar-refractivity contribution >= 4 is 23.7 Å². The summed E-state index contributed by atoms with van der Waals surface area (Å²) in [7, 11) is 0. The van der Waals surface area contributed by atoms with Crippen molar-refractivity contribution in [3.63, 3.8) is 0 Å². The fraction of sp³-hybridized carbons (Fsp3) is 0.100. The summed E-state index contributed by atoms with van der Waals surface area (Å²) in [5.74, 6) is 1.36. The molecule has 0 N–H and O–H groups in total. The molecule has 4 rings (SSSR count). The Balaban J connectivity index is 1.88. The Kier molecular flexibility index (Phi) is 4.22. The van der Waals surface area contributed by atoms with E-state index >= 15 is 0 Å². The average Bonchev–Trinajstić information content (AvgIpc) is 3.15. The largest absolute Gasteiger partial charge is 0.486 e. The number of fused-ring (bicyclic) bond motifs is 1. The van der Waals surface area contributed by atoms with Crippen LogP contribution in [0.25, 0.3) is 11.3 Å². The van der Waals surface area contributed by atoms with E-state index in [9.17, 15) is 9.59 Å². The first-order chi connectivity index (χ1) is 12.7. The van der Waals surface area contributed by atoms with Gasteiger partial charge in [-0.05, 0) is 36.4 Å². The Bertz CT molecular complexity index is 1010. The lowest BCUT2D eigenvalue weighted by Gasteiger charge is -2.20. The summed E-state index contributed by atoms with van der Waals surface area (Å²) in [6.45, 7) is 0.832. The first-order valence-corrected chi connectivity index (χ1v) is 8.33. The molecular formula is C20H13ClO5. The SMILES string of the molecule is O=Cc1ccc(-c2cc3c(cc2C(=O)c2cccc(Cl)c2)OCCO3)o1. The molecule has 26 heavy (non-hydrogen) atoms. The summed E-state index contributed by atoms with van der Waals surface area (Å²) >= 11 is 6.02. The summed E-state index contributed by atoms with van der Waals surface area (Å²) in [5, 5.41) is 0.469. The molecule has 0 amide bonds. The second-order valence-corrected chi connectivity index (χ2v) is 6.14. The normalized spacial score (nSPS) is 12.7. The van der Waals surface area contributed by atoms with Gasteiger partial charge in [0.15, 0.2) is 29.3 Å². The van der Waals surface area contributed by atoms with E-state index < -0.39 is 0 Å². The van der Waals surface area contributed by atoms with Gasteiger partial charge in [-0.2, -0.15) is 0 Å². The second kappa shape index (κ2) is 6.69. The summed E-state index contributed by atoms with van der Waals surface area (Å²) in [5.41, 5.74) is 1.34. The molecular weight excluding hydrogens is 356 g/mol. The Hall–Kier alpha value is -3.05. The van der Waals surface area contributed by atoms with Crippen LogP contribution < -0.4 is 9.47 Å². The van der Waals surface area contributed by atoms with Gasteiger partial charge in [-0.3, -0.25) is 9.59 Å². The third-order valence-electron chi connectivity index (χ3n) is 4.02. The molecule has 1 aliphatic rings. The highest BCUT2D eigenvalue weighted by Crippen LogP contribution is 2.39. The molecule has 2 heterocycles. The standard InChI is InChI=1S/C20H13ClO5/c21-13-3-1-2-12(8-13)20(23)16-10-19-18(24-6-7-25-19)9-15(16)17-5-4-14(11-22)26-17/h1-5,8-11H,6-7H2. The smallest absolute Gasteiger partial charge is 0.193 e. The van der Waals surface area contributed by atoms with E-state index in [-0.39, 0.29) is 11.5 Å². The lowest BCUT2D eigenvalue weighted by molar-refractivity contribution is 0.103.